The largest absolute Gasteiger partial charge is 0.411 e. The van der Waals surface area contributed by atoms with Crippen molar-refractivity contribution in [2.24, 2.45) is 0 Å². The Kier molecular flexibility index (Phi) is 6.14. The maximum absolute atomic E-state index is 11.8. The number of alkyl halides is 3. The molecule has 1 rings (SSSR count). The van der Waals surface area contributed by atoms with Crippen LogP contribution in [0.5, 0.6) is 0 Å². The standard InChI is InChI=1S/C11H18F3N3O/c1-2-3-15-6-10-7-17(9-16-10)4-5-18-8-11(12,13)14/h7,9,15H,2-6,8H2,1H3. The summed E-state index contributed by atoms with van der Waals surface area (Å²) in [5.41, 5.74) is 0.874. The highest BCUT2D eigenvalue weighted by Gasteiger charge is 2.27. The predicted molar refractivity (Wildman–Crippen MR) is 61.1 cm³/mol. The van der Waals surface area contributed by atoms with Gasteiger partial charge in [-0.05, 0) is 13.0 Å². The Labute approximate surface area is 104 Å². The van der Waals surface area contributed by atoms with E-state index in [1.165, 1.54) is 0 Å². The Morgan fingerprint density at radius 2 is 2.22 bits per heavy atom. The Balaban J connectivity index is 2.19. The molecule has 0 amide bonds. The van der Waals surface area contributed by atoms with Gasteiger partial charge in [0.05, 0.1) is 18.6 Å². The van der Waals surface area contributed by atoms with E-state index in [0.717, 1.165) is 18.7 Å². The van der Waals surface area contributed by atoms with E-state index in [2.05, 4.69) is 22.0 Å². The second-order valence-electron chi connectivity index (χ2n) is 3.95. The minimum absolute atomic E-state index is 0.0255. The molecule has 0 aliphatic heterocycles. The number of halogens is 3. The number of imidazole rings is 1. The molecular formula is C11H18F3N3O. The highest BCUT2D eigenvalue weighted by Crippen LogP contribution is 2.14. The van der Waals surface area contributed by atoms with Gasteiger partial charge in [0, 0.05) is 19.3 Å². The predicted octanol–water partition coefficient (Wildman–Crippen LogP) is 1.96. The third-order valence-corrected chi connectivity index (χ3v) is 2.18. The van der Waals surface area contributed by atoms with Crippen LogP contribution in [0.15, 0.2) is 12.5 Å². The van der Waals surface area contributed by atoms with Gasteiger partial charge >= 0.3 is 6.18 Å². The Bertz CT molecular complexity index is 339. The van der Waals surface area contributed by atoms with Crippen molar-refractivity contribution in [1.82, 2.24) is 14.9 Å². The summed E-state index contributed by atoms with van der Waals surface area (Å²) < 4.78 is 41.7. The van der Waals surface area contributed by atoms with Crippen molar-refractivity contribution in [2.75, 3.05) is 19.8 Å². The first-order chi connectivity index (χ1) is 8.51. The molecule has 0 aromatic carbocycles. The average Bonchev–Trinajstić information content (AvgIpc) is 2.72. The highest BCUT2D eigenvalue weighted by atomic mass is 19.4. The molecule has 0 saturated heterocycles. The molecule has 4 nitrogen and oxygen atoms in total. The first kappa shape index (κ1) is 15.0. The van der Waals surface area contributed by atoms with E-state index in [-0.39, 0.29) is 6.61 Å². The lowest BCUT2D eigenvalue weighted by Crippen LogP contribution is -2.18. The number of rotatable bonds is 8. The lowest BCUT2D eigenvalue weighted by atomic mass is 10.4. The van der Waals surface area contributed by atoms with E-state index in [1.807, 2.05) is 0 Å². The van der Waals surface area contributed by atoms with Crippen molar-refractivity contribution < 1.29 is 17.9 Å². The smallest absolute Gasteiger partial charge is 0.370 e. The van der Waals surface area contributed by atoms with Gasteiger partial charge in [0.2, 0.25) is 0 Å². The summed E-state index contributed by atoms with van der Waals surface area (Å²) in [4.78, 5) is 4.14. The van der Waals surface area contributed by atoms with E-state index in [4.69, 9.17) is 0 Å². The van der Waals surface area contributed by atoms with E-state index < -0.39 is 12.8 Å². The van der Waals surface area contributed by atoms with Crippen molar-refractivity contribution >= 4 is 0 Å². The molecule has 0 atom stereocenters. The van der Waals surface area contributed by atoms with Crippen LogP contribution >= 0.6 is 0 Å². The van der Waals surface area contributed by atoms with E-state index in [9.17, 15) is 13.2 Å². The Hall–Kier alpha value is -1.08. The number of nitrogens with one attached hydrogen (secondary N) is 1. The first-order valence-electron chi connectivity index (χ1n) is 5.87. The number of nitrogens with zero attached hydrogens (tertiary/aromatic N) is 2. The molecule has 7 heteroatoms. The molecule has 104 valence electrons. The fraction of sp³-hybridized carbons (Fsp3) is 0.727. The topological polar surface area (TPSA) is 39.1 Å². The summed E-state index contributed by atoms with van der Waals surface area (Å²) in [5.74, 6) is 0. The molecule has 0 aliphatic rings. The molecule has 18 heavy (non-hydrogen) atoms. The lowest BCUT2D eigenvalue weighted by Gasteiger charge is -2.07. The van der Waals surface area contributed by atoms with Crippen molar-refractivity contribution in [3.8, 4) is 0 Å². The minimum atomic E-state index is -4.26. The van der Waals surface area contributed by atoms with Crippen LogP contribution in [0.1, 0.15) is 19.0 Å². The summed E-state index contributed by atoms with van der Waals surface area (Å²) in [6.45, 7) is 2.86. The molecule has 0 spiro atoms. The molecule has 0 unspecified atom stereocenters. The summed E-state index contributed by atoms with van der Waals surface area (Å²) in [7, 11) is 0. The third kappa shape index (κ3) is 6.61. The zero-order chi connectivity index (χ0) is 13.4. The molecule has 0 aliphatic carbocycles. The van der Waals surface area contributed by atoms with Crippen LogP contribution < -0.4 is 5.32 Å². The van der Waals surface area contributed by atoms with E-state index in [1.54, 1.807) is 17.1 Å². The summed E-state index contributed by atoms with van der Waals surface area (Å²) in [6, 6.07) is 0. The van der Waals surface area contributed by atoms with Gasteiger partial charge in [0.15, 0.2) is 0 Å². The fourth-order valence-electron chi connectivity index (χ4n) is 1.37. The number of hydrogen-bond acceptors (Lipinski definition) is 3. The van der Waals surface area contributed by atoms with Crippen LogP contribution in [0.25, 0.3) is 0 Å². The molecule has 1 aromatic heterocycles. The van der Waals surface area contributed by atoms with Crippen LogP contribution in [0.4, 0.5) is 13.2 Å². The van der Waals surface area contributed by atoms with E-state index in [0.29, 0.717) is 13.1 Å². The first-order valence-corrected chi connectivity index (χ1v) is 5.87. The molecule has 1 N–H and O–H groups in total. The monoisotopic (exact) mass is 265 g/mol. The molecule has 0 bridgehead atoms. The minimum Gasteiger partial charge on any atom is -0.370 e. The second-order valence-corrected chi connectivity index (χ2v) is 3.95. The Morgan fingerprint density at radius 1 is 1.44 bits per heavy atom. The highest BCUT2D eigenvalue weighted by molar-refractivity contribution is 4.95. The van der Waals surface area contributed by atoms with Gasteiger partial charge in [0.1, 0.15) is 6.61 Å². The normalized spacial score (nSPS) is 12.0. The van der Waals surface area contributed by atoms with Gasteiger partial charge in [-0.15, -0.1) is 0 Å². The van der Waals surface area contributed by atoms with Crippen LogP contribution in [0.2, 0.25) is 0 Å². The zero-order valence-electron chi connectivity index (χ0n) is 10.3. The fourth-order valence-corrected chi connectivity index (χ4v) is 1.37. The zero-order valence-corrected chi connectivity index (χ0v) is 10.3. The van der Waals surface area contributed by atoms with Gasteiger partial charge in [-0.25, -0.2) is 4.98 Å². The van der Waals surface area contributed by atoms with Gasteiger partial charge in [-0.3, -0.25) is 0 Å². The van der Waals surface area contributed by atoms with Crippen LogP contribution in [-0.2, 0) is 17.8 Å². The second kappa shape index (κ2) is 7.38. The number of hydrogen-bond donors (Lipinski definition) is 1. The van der Waals surface area contributed by atoms with Gasteiger partial charge in [-0.1, -0.05) is 6.92 Å². The van der Waals surface area contributed by atoms with Crippen molar-refractivity contribution in [3.63, 3.8) is 0 Å². The summed E-state index contributed by atoms with van der Waals surface area (Å²) in [6.07, 6.45) is 0.190. The van der Waals surface area contributed by atoms with Crippen molar-refractivity contribution in [3.05, 3.63) is 18.2 Å². The van der Waals surface area contributed by atoms with Gasteiger partial charge in [-0.2, -0.15) is 13.2 Å². The van der Waals surface area contributed by atoms with Crippen molar-refractivity contribution in [2.45, 2.75) is 32.6 Å². The molecule has 0 saturated carbocycles. The van der Waals surface area contributed by atoms with Gasteiger partial charge in [0.25, 0.3) is 0 Å². The summed E-state index contributed by atoms with van der Waals surface area (Å²) in [5, 5.41) is 3.20. The maximum Gasteiger partial charge on any atom is 0.411 e. The Morgan fingerprint density at radius 3 is 2.89 bits per heavy atom. The molecule has 0 radical (unpaired) electrons. The van der Waals surface area contributed by atoms with Crippen LogP contribution in [0.3, 0.4) is 0 Å². The SMILES string of the molecule is CCCNCc1cn(CCOCC(F)(F)F)cn1. The number of aromatic nitrogens is 2. The number of ether oxygens (including phenoxy) is 1. The molecule has 1 aromatic rings. The van der Waals surface area contributed by atoms with Crippen LogP contribution in [0, 0.1) is 0 Å². The average molecular weight is 265 g/mol. The summed E-state index contributed by atoms with van der Waals surface area (Å²) >= 11 is 0. The van der Waals surface area contributed by atoms with Crippen LogP contribution in [-0.4, -0.2) is 35.5 Å². The van der Waals surface area contributed by atoms with E-state index >= 15 is 0 Å². The van der Waals surface area contributed by atoms with Gasteiger partial charge < -0.3 is 14.6 Å². The third-order valence-electron chi connectivity index (χ3n) is 2.18. The van der Waals surface area contributed by atoms with Crippen molar-refractivity contribution in [1.29, 1.82) is 0 Å². The molecular weight excluding hydrogens is 247 g/mol. The molecule has 0 fully saturated rings. The maximum atomic E-state index is 11.8. The quantitative estimate of drug-likeness (QED) is 0.730. The molecule has 1 heterocycles. The lowest BCUT2D eigenvalue weighted by molar-refractivity contribution is -0.174.